The van der Waals surface area contributed by atoms with E-state index in [2.05, 4.69) is 31.2 Å². The van der Waals surface area contributed by atoms with Crippen LogP contribution in [-0.4, -0.2) is 21.1 Å². The molecule has 0 radical (unpaired) electrons. The van der Waals surface area contributed by atoms with Crippen LogP contribution in [0.4, 0.5) is 0 Å². The lowest BCUT2D eigenvalue weighted by atomic mass is 10.1. The zero-order valence-electron chi connectivity index (χ0n) is 13.0. The van der Waals surface area contributed by atoms with Gasteiger partial charge >= 0.3 is 0 Å². The van der Waals surface area contributed by atoms with E-state index in [1.165, 1.54) is 5.56 Å². The van der Waals surface area contributed by atoms with Crippen LogP contribution in [0, 0.1) is 11.7 Å². The molecule has 0 spiro atoms. The molecular formula is C18H15BrN4S. The van der Waals surface area contributed by atoms with Gasteiger partial charge in [-0.2, -0.15) is 14.9 Å². The van der Waals surface area contributed by atoms with Gasteiger partial charge in [0.1, 0.15) is 0 Å². The van der Waals surface area contributed by atoms with Crippen molar-refractivity contribution < 1.29 is 0 Å². The predicted octanol–water partition coefficient (Wildman–Crippen LogP) is 5.19. The van der Waals surface area contributed by atoms with E-state index >= 15 is 0 Å². The average molecular weight is 399 g/mol. The number of aromatic nitrogens is 3. The molecule has 0 aliphatic carbocycles. The summed E-state index contributed by atoms with van der Waals surface area (Å²) >= 11 is 8.79. The van der Waals surface area contributed by atoms with Gasteiger partial charge in [0.15, 0.2) is 5.82 Å². The molecule has 0 atom stereocenters. The number of benzene rings is 2. The SMILES string of the molecule is Cc1ccc(-c2n[nH]c(=S)n2/N=C/C(Br)=C/c2ccccc2)cc1. The van der Waals surface area contributed by atoms with E-state index in [0.29, 0.717) is 10.6 Å². The highest BCUT2D eigenvalue weighted by Gasteiger charge is 2.07. The third-order valence-corrected chi connectivity index (χ3v) is 4.06. The monoisotopic (exact) mass is 398 g/mol. The largest absolute Gasteiger partial charge is 0.250 e. The predicted molar refractivity (Wildman–Crippen MR) is 105 cm³/mol. The van der Waals surface area contributed by atoms with Gasteiger partial charge in [0.25, 0.3) is 0 Å². The van der Waals surface area contributed by atoms with Crippen LogP contribution < -0.4 is 0 Å². The topological polar surface area (TPSA) is 46.0 Å². The van der Waals surface area contributed by atoms with Crippen molar-refractivity contribution in [3.8, 4) is 11.4 Å². The molecule has 3 rings (SSSR count). The Morgan fingerprint density at radius 1 is 1.17 bits per heavy atom. The first-order valence-electron chi connectivity index (χ1n) is 7.34. The zero-order chi connectivity index (χ0) is 16.9. The molecule has 0 aliphatic rings. The van der Waals surface area contributed by atoms with Crippen molar-refractivity contribution in [2.75, 3.05) is 0 Å². The van der Waals surface area contributed by atoms with Gasteiger partial charge in [-0.05, 0) is 46.7 Å². The molecule has 2 aromatic carbocycles. The first kappa shape index (κ1) is 16.5. The lowest BCUT2D eigenvalue weighted by Crippen LogP contribution is -1.94. The summed E-state index contributed by atoms with van der Waals surface area (Å²) in [5.74, 6) is 0.677. The van der Waals surface area contributed by atoms with Gasteiger partial charge in [-0.15, -0.1) is 0 Å². The van der Waals surface area contributed by atoms with Gasteiger partial charge in [0.2, 0.25) is 4.77 Å². The van der Waals surface area contributed by atoms with Crippen molar-refractivity contribution >= 4 is 40.4 Å². The van der Waals surface area contributed by atoms with Crippen molar-refractivity contribution in [3.63, 3.8) is 0 Å². The summed E-state index contributed by atoms with van der Waals surface area (Å²) in [5.41, 5.74) is 3.23. The van der Waals surface area contributed by atoms with Crippen molar-refractivity contribution in [2.24, 2.45) is 5.10 Å². The van der Waals surface area contributed by atoms with Crippen LogP contribution in [0.25, 0.3) is 17.5 Å². The standard InChI is InChI=1S/C18H15BrN4S/c1-13-7-9-15(10-8-13)17-21-22-18(24)23(17)20-12-16(19)11-14-5-3-2-4-6-14/h2-12H,1H3,(H,22,24)/b16-11-,20-12+. The number of nitrogens with one attached hydrogen (secondary N) is 1. The molecule has 1 aromatic heterocycles. The maximum atomic E-state index is 5.28. The van der Waals surface area contributed by atoms with E-state index in [1.807, 2.05) is 67.6 Å². The molecule has 1 N–H and O–H groups in total. The third-order valence-electron chi connectivity index (χ3n) is 3.36. The Bertz CT molecular complexity index is 937. The summed E-state index contributed by atoms with van der Waals surface area (Å²) < 4.78 is 2.90. The number of halogens is 1. The summed E-state index contributed by atoms with van der Waals surface area (Å²) in [5, 5.41) is 11.5. The van der Waals surface area contributed by atoms with E-state index in [0.717, 1.165) is 15.6 Å². The molecule has 0 unspecified atom stereocenters. The Labute approximate surface area is 153 Å². The van der Waals surface area contributed by atoms with E-state index in [9.17, 15) is 0 Å². The number of nitrogens with zero attached hydrogens (tertiary/aromatic N) is 3. The fourth-order valence-electron chi connectivity index (χ4n) is 2.15. The third kappa shape index (κ3) is 3.96. The van der Waals surface area contributed by atoms with E-state index in [4.69, 9.17) is 12.2 Å². The first-order valence-corrected chi connectivity index (χ1v) is 8.55. The highest BCUT2D eigenvalue weighted by molar-refractivity contribution is 9.12. The Morgan fingerprint density at radius 3 is 2.58 bits per heavy atom. The number of rotatable bonds is 4. The number of hydrogen-bond donors (Lipinski definition) is 1. The molecule has 0 fully saturated rings. The van der Waals surface area contributed by atoms with Crippen LogP contribution in [-0.2, 0) is 0 Å². The van der Waals surface area contributed by atoms with Crippen molar-refractivity contribution in [2.45, 2.75) is 6.92 Å². The molecule has 0 saturated heterocycles. The molecule has 0 bridgehead atoms. The van der Waals surface area contributed by atoms with E-state index < -0.39 is 0 Å². The van der Waals surface area contributed by atoms with Crippen molar-refractivity contribution in [3.05, 3.63) is 75.0 Å². The number of allylic oxidation sites excluding steroid dienone is 1. The molecular weight excluding hydrogens is 384 g/mol. The van der Waals surface area contributed by atoms with Crippen LogP contribution in [0.3, 0.4) is 0 Å². The molecule has 6 heteroatoms. The Balaban J connectivity index is 1.90. The van der Waals surface area contributed by atoms with Crippen LogP contribution in [0.2, 0.25) is 0 Å². The zero-order valence-corrected chi connectivity index (χ0v) is 15.4. The number of hydrogen-bond acceptors (Lipinski definition) is 3. The number of aryl methyl sites for hydroxylation is 1. The van der Waals surface area contributed by atoms with Crippen LogP contribution in [0.15, 0.2) is 64.2 Å². The highest BCUT2D eigenvalue weighted by Crippen LogP contribution is 2.18. The first-order chi connectivity index (χ1) is 11.6. The van der Waals surface area contributed by atoms with E-state index in [-0.39, 0.29) is 0 Å². The quantitative estimate of drug-likeness (QED) is 0.485. The fourth-order valence-corrected chi connectivity index (χ4v) is 2.68. The van der Waals surface area contributed by atoms with Gasteiger partial charge in [-0.25, -0.2) is 5.10 Å². The summed E-state index contributed by atoms with van der Waals surface area (Å²) in [6, 6.07) is 18.1. The second-order valence-corrected chi connectivity index (χ2v) is 6.52. The van der Waals surface area contributed by atoms with Gasteiger partial charge in [-0.1, -0.05) is 60.2 Å². The minimum atomic E-state index is 0.446. The second-order valence-electron chi connectivity index (χ2n) is 5.21. The minimum Gasteiger partial charge on any atom is -0.250 e. The maximum absolute atomic E-state index is 5.28. The highest BCUT2D eigenvalue weighted by atomic mass is 79.9. The Hall–Kier alpha value is -2.31. The number of H-pyrrole nitrogens is 1. The molecule has 0 aliphatic heterocycles. The molecule has 0 amide bonds. The normalized spacial score (nSPS) is 12.0. The molecule has 24 heavy (non-hydrogen) atoms. The van der Waals surface area contributed by atoms with Crippen LogP contribution in [0.1, 0.15) is 11.1 Å². The second kappa shape index (κ2) is 7.51. The Kier molecular flexibility index (Phi) is 5.17. The minimum absolute atomic E-state index is 0.446. The van der Waals surface area contributed by atoms with Gasteiger partial charge in [0, 0.05) is 10.0 Å². The Morgan fingerprint density at radius 2 is 1.88 bits per heavy atom. The van der Waals surface area contributed by atoms with Crippen molar-refractivity contribution in [1.82, 2.24) is 14.9 Å². The molecule has 4 nitrogen and oxygen atoms in total. The lowest BCUT2D eigenvalue weighted by molar-refractivity contribution is 0.872. The summed E-state index contributed by atoms with van der Waals surface area (Å²) in [4.78, 5) is 0. The molecule has 0 saturated carbocycles. The molecule has 120 valence electrons. The summed E-state index contributed by atoms with van der Waals surface area (Å²) in [7, 11) is 0. The van der Waals surface area contributed by atoms with Crippen molar-refractivity contribution in [1.29, 1.82) is 0 Å². The van der Waals surface area contributed by atoms with Gasteiger partial charge in [0.05, 0.1) is 6.21 Å². The smallest absolute Gasteiger partial charge is 0.216 e. The number of aromatic amines is 1. The molecule has 1 heterocycles. The summed E-state index contributed by atoms with van der Waals surface area (Å²) in [6.07, 6.45) is 3.69. The van der Waals surface area contributed by atoms with Gasteiger partial charge < -0.3 is 0 Å². The lowest BCUT2D eigenvalue weighted by Gasteiger charge is -2.01. The van der Waals surface area contributed by atoms with Gasteiger partial charge in [-0.3, -0.25) is 0 Å². The average Bonchev–Trinajstić information content (AvgIpc) is 2.95. The molecule has 3 aromatic rings. The fraction of sp³-hybridized carbons (Fsp3) is 0.0556. The van der Waals surface area contributed by atoms with Crippen LogP contribution >= 0.6 is 28.1 Å². The van der Waals surface area contributed by atoms with E-state index in [1.54, 1.807) is 10.9 Å². The van der Waals surface area contributed by atoms with Crippen LogP contribution in [0.5, 0.6) is 0 Å². The maximum Gasteiger partial charge on any atom is 0.216 e. The summed E-state index contributed by atoms with van der Waals surface area (Å²) in [6.45, 7) is 2.05.